The lowest BCUT2D eigenvalue weighted by molar-refractivity contribution is -0.116. The highest BCUT2D eigenvalue weighted by Gasteiger charge is 2.24. The molecule has 0 unspecified atom stereocenters. The molecule has 1 aromatic heterocycles. The molecule has 0 saturated carbocycles. The van der Waals surface area contributed by atoms with E-state index in [1.807, 2.05) is 64.8 Å². The van der Waals surface area contributed by atoms with E-state index in [0.29, 0.717) is 19.4 Å². The molecule has 5 rings (SSSR count). The van der Waals surface area contributed by atoms with Gasteiger partial charge in [0.15, 0.2) is 0 Å². The van der Waals surface area contributed by atoms with Crippen molar-refractivity contribution in [2.75, 3.05) is 24.2 Å². The molecule has 3 aromatic rings. The molecule has 0 aliphatic heterocycles. The van der Waals surface area contributed by atoms with E-state index < -0.39 is 0 Å². The third-order valence-electron chi connectivity index (χ3n) is 7.03. The maximum absolute atomic E-state index is 11.9. The van der Waals surface area contributed by atoms with Gasteiger partial charge in [0.2, 0.25) is 5.91 Å². The summed E-state index contributed by atoms with van der Waals surface area (Å²) in [6, 6.07) is 10.0. The summed E-state index contributed by atoms with van der Waals surface area (Å²) in [5.74, 6) is -0.0166. The summed E-state index contributed by atoms with van der Waals surface area (Å²) in [6.07, 6.45) is 10.7. The molecule has 11 heteroatoms. The van der Waals surface area contributed by atoms with Gasteiger partial charge >= 0.3 is 6.03 Å². The maximum Gasteiger partial charge on any atom is 0.318 e. The van der Waals surface area contributed by atoms with Crippen LogP contribution in [0.5, 0.6) is 0 Å². The Morgan fingerprint density at radius 3 is 2.16 bits per heavy atom. The lowest BCUT2D eigenvalue weighted by Gasteiger charge is -2.15. The number of aromatic nitrogens is 3. The first-order chi connectivity index (χ1) is 21.5. The first-order valence-electron chi connectivity index (χ1n) is 15.2. The minimum atomic E-state index is -0.0978. The van der Waals surface area contributed by atoms with Crippen molar-refractivity contribution in [1.82, 2.24) is 20.3 Å². The third-order valence-corrected chi connectivity index (χ3v) is 7.03. The second-order valence-corrected chi connectivity index (χ2v) is 9.97. The van der Waals surface area contributed by atoms with E-state index in [-0.39, 0.29) is 11.9 Å². The summed E-state index contributed by atoms with van der Waals surface area (Å²) >= 11 is 0. The molecule has 5 N–H and O–H groups in total. The highest BCUT2D eigenvalue weighted by molar-refractivity contribution is 5.92. The monoisotopic (exact) mass is 607 g/mol. The van der Waals surface area contributed by atoms with Crippen molar-refractivity contribution in [3.05, 3.63) is 70.0 Å². The number of carbonyl (C=O) groups excluding carboxylic acids is 4. The van der Waals surface area contributed by atoms with Crippen LogP contribution in [0.25, 0.3) is 0 Å². The van der Waals surface area contributed by atoms with Crippen molar-refractivity contribution < 1.29 is 19.2 Å². The van der Waals surface area contributed by atoms with Gasteiger partial charge in [0.1, 0.15) is 13.6 Å². The Labute approximate surface area is 261 Å². The van der Waals surface area contributed by atoms with Crippen molar-refractivity contribution in [3.63, 3.8) is 0 Å². The SMILES string of the molecule is C=O.C=O.CC.CNC(=O)Nc1c2c(cc3c1CCC3)CCC2.Cc1cccc(NC(=O)CCc2cn(CCCN)nn2)c1. The quantitative estimate of drug-likeness (QED) is 0.291. The van der Waals surface area contributed by atoms with E-state index in [9.17, 15) is 9.59 Å². The van der Waals surface area contributed by atoms with Crippen molar-refractivity contribution in [2.45, 2.75) is 85.1 Å². The van der Waals surface area contributed by atoms with Crippen LogP contribution in [0, 0.1) is 6.92 Å². The van der Waals surface area contributed by atoms with Crippen LogP contribution in [-0.4, -0.2) is 54.1 Å². The van der Waals surface area contributed by atoms with Gasteiger partial charge in [-0.15, -0.1) is 5.10 Å². The number of rotatable bonds is 8. The molecular formula is C33H49N7O4. The lowest BCUT2D eigenvalue weighted by atomic mass is 9.99. The number of fused-ring (bicyclic) bond motifs is 2. The summed E-state index contributed by atoms with van der Waals surface area (Å²) in [4.78, 5) is 39.5. The van der Waals surface area contributed by atoms with Crippen molar-refractivity contribution >= 4 is 36.9 Å². The normalized spacial score (nSPS) is 11.8. The van der Waals surface area contributed by atoms with Crippen LogP contribution >= 0.6 is 0 Å². The minimum absolute atomic E-state index is 0.0166. The molecule has 11 nitrogen and oxygen atoms in total. The van der Waals surface area contributed by atoms with E-state index >= 15 is 0 Å². The van der Waals surface area contributed by atoms with Crippen LogP contribution in [0.1, 0.15) is 73.0 Å². The number of benzene rings is 2. The van der Waals surface area contributed by atoms with E-state index in [1.54, 1.807) is 11.7 Å². The second-order valence-electron chi connectivity index (χ2n) is 9.97. The standard InChI is InChI=1S/C15H21N5O.C14H18N2O.C2H6.2CH2O/c1-12-4-2-5-13(10-12)17-15(21)7-6-14-11-20(19-18-14)9-3-8-16;1-15-14(17)16-13-11-6-2-4-9(11)8-10-5-3-7-12(10)13;3*1-2/h2,4-5,10-11H,3,6-9,16H2,1H3,(H,17,21);8H,2-7H2,1H3,(H2,15,16,17);1-2H3;2*1H2. The highest BCUT2D eigenvalue weighted by Crippen LogP contribution is 2.38. The summed E-state index contributed by atoms with van der Waals surface area (Å²) < 4.78 is 1.76. The molecule has 1 heterocycles. The van der Waals surface area contributed by atoms with Crippen molar-refractivity contribution in [2.24, 2.45) is 5.73 Å². The van der Waals surface area contributed by atoms with Crippen molar-refractivity contribution in [3.8, 4) is 0 Å². The summed E-state index contributed by atoms with van der Waals surface area (Å²) in [7, 11) is 1.67. The predicted octanol–water partition coefficient (Wildman–Crippen LogP) is 4.58. The number of hydrogen-bond acceptors (Lipinski definition) is 7. The summed E-state index contributed by atoms with van der Waals surface area (Å²) in [6.45, 7) is 11.4. The third kappa shape index (κ3) is 11.7. The zero-order valence-electron chi connectivity index (χ0n) is 26.7. The molecule has 0 radical (unpaired) electrons. The zero-order valence-corrected chi connectivity index (χ0v) is 26.7. The predicted molar refractivity (Wildman–Crippen MR) is 176 cm³/mol. The van der Waals surface area contributed by atoms with Crippen LogP contribution in [0.15, 0.2) is 36.5 Å². The molecule has 2 aliphatic carbocycles. The Kier molecular flexibility index (Phi) is 18.3. The Bertz CT molecular complexity index is 1280. The van der Waals surface area contributed by atoms with Gasteiger partial charge in [0, 0.05) is 44.0 Å². The minimum Gasteiger partial charge on any atom is -0.341 e. The Morgan fingerprint density at radius 2 is 1.59 bits per heavy atom. The average Bonchev–Trinajstić information content (AvgIpc) is 3.84. The Hall–Kier alpha value is -4.38. The zero-order chi connectivity index (χ0) is 32.9. The largest absolute Gasteiger partial charge is 0.341 e. The van der Waals surface area contributed by atoms with Crippen LogP contribution in [0.3, 0.4) is 0 Å². The van der Waals surface area contributed by atoms with Crippen LogP contribution < -0.4 is 21.7 Å². The van der Waals surface area contributed by atoms with Gasteiger partial charge in [0.05, 0.1) is 5.69 Å². The molecule has 2 aliphatic rings. The number of nitrogens with zero attached hydrogens (tertiary/aromatic N) is 3. The number of anilines is 2. The molecular weight excluding hydrogens is 558 g/mol. The lowest BCUT2D eigenvalue weighted by Crippen LogP contribution is -2.25. The molecule has 0 fully saturated rings. The van der Waals surface area contributed by atoms with Gasteiger partial charge in [-0.1, -0.05) is 37.3 Å². The van der Waals surface area contributed by atoms with Gasteiger partial charge in [-0.2, -0.15) is 0 Å². The van der Waals surface area contributed by atoms with Crippen LogP contribution in [-0.2, 0) is 53.0 Å². The molecule has 240 valence electrons. The molecule has 0 saturated heterocycles. The number of nitrogens with two attached hydrogens (primary N) is 1. The smallest absolute Gasteiger partial charge is 0.318 e. The summed E-state index contributed by atoms with van der Waals surface area (Å²) in [5, 5.41) is 16.6. The number of hydrogen-bond donors (Lipinski definition) is 4. The fourth-order valence-electron chi connectivity index (χ4n) is 5.15. The maximum atomic E-state index is 11.9. The first-order valence-corrected chi connectivity index (χ1v) is 15.2. The molecule has 0 spiro atoms. The van der Waals surface area contributed by atoms with Crippen molar-refractivity contribution in [1.29, 1.82) is 0 Å². The average molecular weight is 608 g/mol. The van der Waals surface area contributed by atoms with Crippen LogP contribution in [0.4, 0.5) is 16.2 Å². The summed E-state index contributed by atoms with van der Waals surface area (Å²) in [5.41, 5.74) is 15.0. The number of urea groups is 1. The Morgan fingerprint density at radius 1 is 0.955 bits per heavy atom. The van der Waals surface area contributed by atoms with E-state index in [4.69, 9.17) is 15.3 Å². The molecule has 44 heavy (non-hydrogen) atoms. The first kappa shape index (κ1) is 37.6. The topological polar surface area (TPSA) is 161 Å². The van der Waals surface area contributed by atoms with E-state index in [0.717, 1.165) is 48.4 Å². The van der Waals surface area contributed by atoms with E-state index in [1.165, 1.54) is 47.9 Å². The number of nitrogens with one attached hydrogen (secondary N) is 3. The molecule has 0 bridgehead atoms. The van der Waals surface area contributed by atoms with Gasteiger partial charge in [-0.3, -0.25) is 9.48 Å². The number of carbonyl (C=O) groups is 4. The molecule has 3 amide bonds. The fraction of sp³-hybridized carbons (Fsp3) is 0.455. The van der Waals surface area contributed by atoms with Gasteiger partial charge in [-0.25, -0.2) is 4.79 Å². The number of amides is 3. The Balaban J connectivity index is 0.000000381. The van der Waals surface area contributed by atoms with Gasteiger partial charge in [-0.05, 0) is 98.4 Å². The second kappa shape index (κ2) is 21.3. The molecule has 2 aromatic carbocycles. The molecule has 0 atom stereocenters. The highest BCUT2D eigenvalue weighted by atomic mass is 16.2. The van der Waals surface area contributed by atoms with Crippen LogP contribution in [0.2, 0.25) is 0 Å². The van der Waals surface area contributed by atoms with Gasteiger partial charge in [0.25, 0.3) is 0 Å². The number of aryl methyl sites for hydroxylation is 5. The van der Waals surface area contributed by atoms with Gasteiger partial charge < -0.3 is 31.3 Å². The fourth-order valence-corrected chi connectivity index (χ4v) is 5.15. The van der Waals surface area contributed by atoms with E-state index in [2.05, 4.69) is 32.3 Å².